The number of carbonyl (C=O) groups excluding carboxylic acids is 1. The summed E-state index contributed by atoms with van der Waals surface area (Å²) in [4.78, 5) is 13.7. The van der Waals surface area contributed by atoms with E-state index in [1.165, 1.54) is 24.2 Å². The summed E-state index contributed by atoms with van der Waals surface area (Å²) in [5, 5.41) is 0.334. The van der Waals surface area contributed by atoms with Crippen LogP contribution >= 0.6 is 11.8 Å². The predicted octanol–water partition coefficient (Wildman–Crippen LogP) is 5.73. The lowest BCUT2D eigenvalue weighted by atomic mass is 9.98. The molecule has 2 nitrogen and oxygen atoms in total. The number of hydrogen-bond acceptors (Lipinski definition) is 3. The Balaban J connectivity index is 1.71. The molecule has 0 spiro atoms. The second-order valence-corrected chi connectivity index (χ2v) is 7.58. The van der Waals surface area contributed by atoms with Crippen LogP contribution in [-0.4, -0.2) is 17.3 Å². The highest BCUT2D eigenvalue weighted by molar-refractivity contribution is 8.00. The number of benzene rings is 2. The minimum absolute atomic E-state index is 0.0109. The molecule has 126 valence electrons. The van der Waals surface area contributed by atoms with Crippen molar-refractivity contribution >= 4 is 17.7 Å². The van der Waals surface area contributed by atoms with Crippen molar-refractivity contribution in [2.75, 3.05) is 0 Å². The van der Waals surface area contributed by atoms with Crippen LogP contribution in [-0.2, 0) is 4.74 Å². The lowest BCUT2D eigenvalue weighted by molar-refractivity contribution is 0.0255. The fourth-order valence-electron chi connectivity index (χ4n) is 3.14. The second kappa shape index (κ2) is 8.93. The third kappa shape index (κ3) is 4.88. The van der Waals surface area contributed by atoms with Gasteiger partial charge in [-0.05, 0) is 43.5 Å². The first-order valence-corrected chi connectivity index (χ1v) is 9.68. The average molecular weight is 340 g/mol. The highest BCUT2D eigenvalue weighted by atomic mass is 32.2. The standard InChI is InChI=1S/C21H24O2S/c22-21(17-11-5-3-6-12-17)23-19-15-9-1-2-10-16-20(19)24-18-13-7-4-8-14-18/h3-8,11-14,19-20H,1-2,9-10,15-16H2/t19-,20-/m1/s1. The molecule has 1 fully saturated rings. The molecule has 2 atom stereocenters. The van der Waals surface area contributed by atoms with Crippen molar-refractivity contribution < 1.29 is 9.53 Å². The number of rotatable bonds is 4. The summed E-state index contributed by atoms with van der Waals surface area (Å²) in [7, 11) is 0. The highest BCUT2D eigenvalue weighted by Crippen LogP contribution is 2.34. The number of hydrogen-bond donors (Lipinski definition) is 0. The van der Waals surface area contributed by atoms with Crippen LogP contribution in [0.5, 0.6) is 0 Å². The maximum absolute atomic E-state index is 12.5. The van der Waals surface area contributed by atoms with Crippen molar-refractivity contribution in [3.8, 4) is 0 Å². The van der Waals surface area contributed by atoms with Gasteiger partial charge in [0.1, 0.15) is 6.10 Å². The quantitative estimate of drug-likeness (QED) is 0.665. The monoisotopic (exact) mass is 340 g/mol. The Kier molecular flexibility index (Phi) is 6.36. The van der Waals surface area contributed by atoms with E-state index in [4.69, 9.17) is 4.74 Å². The van der Waals surface area contributed by atoms with Gasteiger partial charge in [-0.2, -0.15) is 0 Å². The molecule has 0 heterocycles. The minimum atomic E-state index is -0.195. The van der Waals surface area contributed by atoms with Crippen LogP contribution in [0.2, 0.25) is 0 Å². The molecule has 2 aromatic rings. The van der Waals surface area contributed by atoms with Gasteiger partial charge in [-0.1, -0.05) is 55.7 Å². The van der Waals surface area contributed by atoms with E-state index in [-0.39, 0.29) is 12.1 Å². The van der Waals surface area contributed by atoms with Gasteiger partial charge >= 0.3 is 5.97 Å². The van der Waals surface area contributed by atoms with Crippen molar-refractivity contribution in [2.24, 2.45) is 0 Å². The molecule has 1 saturated carbocycles. The first-order valence-electron chi connectivity index (χ1n) is 8.80. The van der Waals surface area contributed by atoms with Gasteiger partial charge < -0.3 is 4.74 Å². The fraction of sp³-hybridized carbons (Fsp3) is 0.381. The van der Waals surface area contributed by atoms with Crippen LogP contribution in [0.3, 0.4) is 0 Å². The van der Waals surface area contributed by atoms with Gasteiger partial charge in [-0.25, -0.2) is 4.79 Å². The molecule has 0 radical (unpaired) electrons. The zero-order valence-corrected chi connectivity index (χ0v) is 14.7. The van der Waals surface area contributed by atoms with Gasteiger partial charge in [-0.15, -0.1) is 11.8 Å². The Labute approximate surface area is 148 Å². The number of esters is 1. The normalized spacial score (nSPS) is 21.5. The van der Waals surface area contributed by atoms with Gasteiger partial charge in [0.25, 0.3) is 0 Å². The van der Waals surface area contributed by atoms with Gasteiger partial charge in [0, 0.05) is 10.1 Å². The van der Waals surface area contributed by atoms with Crippen LogP contribution in [0.25, 0.3) is 0 Å². The largest absolute Gasteiger partial charge is 0.458 e. The average Bonchev–Trinajstić information content (AvgIpc) is 2.62. The lowest BCUT2D eigenvalue weighted by Crippen LogP contribution is -2.30. The molecular formula is C21H24O2S. The van der Waals surface area contributed by atoms with E-state index in [1.807, 2.05) is 48.2 Å². The summed E-state index contributed by atoms with van der Waals surface area (Å²) in [5.41, 5.74) is 0.642. The van der Waals surface area contributed by atoms with E-state index in [9.17, 15) is 4.79 Å². The number of carbonyl (C=O) groups is 1. The molecule has 1 aliphatic carbocycles. The smallest absolute Gasteiger partial charge is 0.338 e. The van der Waals surface area contributed by atoms with E-state index in [1.54, 1.807) is 0 Å². The molecule has 2 aromatic carbocycles. The molecule has 0 saturated heterocycles. The fourth-order valence-corrected chi connectivity index (χ4v) is 4.43. The van der Waals surface area contributed by atoms with Gasteiger partial charge in [-0.3, -0.25) is 0 Å². The van der Waals surface area contributed by atoms with Crippen molar-refractivity contribution in [3.63, 3.8) is 0 Å². The molecule has 3 heteroatoms. The zero-order valence-electron chi connectivity index (χ0n) is 13.9. The van der Waals surface area contributed by atoms with Crippen LogP contribution in [0.15, 0.2) is 65.6 Å². The summed E-state index contributed by atoms with van der Waals surface area (Å²) in [5.74, 6) is -0.195. The van der Waals surface area contributed by atoms with Crippen LogP contribution in [0, 0.1) is 0 Å². The Hall–Kier alpha value is -1.74. The maximum Gasteiger partial charge on any atom is 0.338 e. The zero-order chi connectivity index (χ0) is 16.6. The van der Waals surface area contributed by atoms with Crippen LogP contribution in [0.1, 0.15) is 48.9 Å². The Morgan fingerprint density at radius 3 is 2.17 bits per heavy atom. The molecule has 0 bridgehead atoms. The molecule has 24 heavy (non-hydrogen) atoms. The van der Waals surface area contributed by atoms with Gasteiger partial charge in [0.05, 0.1) is 5.56 Å². The minimum Gasteiger partial charge on any atom is -0.458 e. The highest BCUT2D eigenvalue weighted by Gasteiger charge is 2.27. The Bertz CT molecular complexity index is 627. The molecule has 3 rings (SSSR count). The van der Waals surface area contributed by atoms with E-state index in [2.05, 4.69) is 24.3 Å². The van der Waals surface area contributed by atoms with E-state index in [0.717, 1.165) is 19.3 Å². The SMILES string of the molecule is O=C(O[C@@H]1CCCCCC[C@H]1Sc1ccccc1)c1ccccc1. The Morgan fingerprint density at radius 1 is 0.833 bits per heavy atom. The maximum atomic E-state index is 12.5. The van der Waals surface area contributed by atoms with Gasteiger partial charge in [0.2, 0.25) is 0 Å². The Morgan fingerprint density at radius 2 is 1.46 bits per heavy atom. The van der Waals surface area contributed by atoms with E-state index < -0.39 is 0 Å². The lowest BCUT2D eigenvalue weighted by Gasteiger charge is -2.28. The third-order valence-electron chi connectivity index (χ3n) is 4.44. The first kappa shape index (κ1) is 17.1. The third-order valence-corrected chi connectivity index (χ3v) is 5.83. The number of ether oxygens (including phenoxy) is 1. The van der Waals surface area contributed by atoms with E-state index in [0.29, 0.717) is 10.8 Å². The van der Waals surface area contributed by atoms with Crippen LogP contribution < -0.4 is 0 Å². The topological polar surface area (TPSA) is 26.3 Å². The summed E-state index contributed by atoms with van der Waals surface area (Å²) >= 11 is 1.86. The molecule has 0 aliphatic heterocycles. The number of thioether (sulfide) groups is 1. The summed E-state index contributed by atoms with van der Waals surface area (Å²) in [6, 6.07) is 19.8. The molecular weight excluding hydrogens is 316 g/mol. The van der Waals surface area contributed by atoms with Crippen molar-refractivity contribution in [3.05, 3.63) is 66.2 Å². The summed E-state index contributed by atoms with van der Waals surface area (Å²) in [6.07, 6.45) is 6.92. The van der Waals surface area contributed by atoms with Crippen molar-refractivity contribution in [1.82, 2.24) is 0 Å². The predicted molar refractivity (Wildman–Crippen MR) is 99.4 cm³/mol. The molecule has 0 amide bonds. The molecule has 0 N–H and O–H groups in total. The first-order chi connectivity index (χ1) is 11.8. The molecule has 1 aliphatic rings. The van der Waals surface area contributed by atoms with Crippen LogP contribution in [0.4, 0.5) is 0 Å². The second-order valence-electron chi connectivity index (χ2n) is 6.27. The summed E-state index contributed by atoms with van der Waals surface area (Å²) < 4.78 is 5.94. The van der Waals surface area contributed by atoms with E-state index >= 15 is 0 Å². The summed E-state index contributed by atoms with van der Waals surface area (Å²) in [6.45, 7) is 0. The molecule has 0 aromatic heterocycles. The van der Waals surface area contributed by atoms with Crippen molar-refractivity contribution in [1.29, 1.82) is 0 Å². The van der Waals surface area contributed by atoms with Gasteiger partial charge in [0.15, 0.2) is 0 Å². The molecule has 0 unspecified atom stereocenters. The van der Waals surface area contributed by atoms with Crippen molar-refractivity contribution in [2.45, 2.75) is 54.8 Å².